The Bertz CT molecular complexity index is 761. The van der Waals surface area contributed by atoms with E-state index in [1.54, 1.807) is 4.90 Å². The second kappa shape index (κ2) is 7.36. The van der Waals surface area contributed by atoms with E-state index in [0.717, 1.165) is 11.6 Å². The molecule has 1 aliphatic heterocycles. The molecule has 2 heterocycles. The van der Waals surface area contributed by atoms with Crippen LogP contribution in [0.3, 0.4) is 0 Å². The summed E-state index contributed by atoms with van der Waals surface area (Å²) in [7, 11) is 1.28. The predicted octanol–water partition coefficient (Wildman–Crippen LogP) is 1.90. The molecule has 0 spiro atoms. The summed E-state index contributed by atoms with van der Waals surface area (Å²) in [6.07, 6.45) is -4.54. The highest BCUT2D eigenvalue weighted by molar-refractivity contribution is 5.76. The molecule has 1 fully saturated rings. The van der Waals surface area contributed by atoms with Gasteiger partial charge in [-0.1, -0.05) is 30.3 Å². The fourth-order valence-corrected chi connectivity index (χ4v) is 2.93. The number of hydrogen-bond donors (Lipinski definition) is 1. The van der Waals surface area contributed by atoms with Crippen molar-refractivity contribution >= 4 is 11.8 Å². The number of rotatable bonds is 4. The van der Waals surface area contributed by atoms with E-state index in [2.05, 4.69) is 10.4 Å². The van der Waals surface area contributed by atoms with E-state index in [9.17, 15) is 18.0 Å². The van der Waals surface area contributed by atoms with Gasteiger partial charge in [-0.25, -0.2) is 4.68 Å². The van der Waals surface area contributed by atoms with Crippen molar-refractivity contribution in [1.82, 2.24) is 15.1 Å². The Kier molecular flexibility index (Phi) is 5.17. The van der Waals surface area contributed by atoms with Crippen molar-refractivity contribution in [3.8, 4) is 0 Å². The minimum atomic E-state index is -4.54. The smallest absolute Gasteiger partial charge is 0.435 e. The number of anilines is 1. The first-order chi connectivity index (χ1) is 12.4. The average molecular weight is 368 g/mol. The number of alkyl halides is 3. The quantitative estimate of drug-likeness (QED) is 0.836. The Morgan fingerprint density at radius 3 is 2.73 bits per heavy atom. The van der Waals surface area contributed by atoms with Crippen LogP contribution in [0.4, 0.5) is 19.0 Å². The van der Waals surface area contributed by atoms with E-state index >= 15 is 0 Å². The highest BCUT2D eigenvalue weighted by Crippen LogP contribution is 2.32. The molecule has 1 aromatic heterocycles. The Balaban J connectivity index is 1.91. The molecule has 1 atom stereocenters. The summed E-state index contributed by atoms with van der Waals surface area (Å²) in [4.78, 5) is 13.5. The second-order valence-corrected chi connectivity index (χ2v) is 6.00. The van der Waals surface area contributed by atoms with E-state index < -0.39 is 23.9 Å². The van der Waals surface area contributed by atoms with E-state index in [1.807, 2.05) is 30.3 Å². The molecule has 1 aliphatic rings. The summed E-state index contributed by atoms with van der Waals surface area (Å²) >= 11 is 0. The standard InChI is InChI=1S/C17H19F3N4O2/c1-26-16(25)13-11-23(8-7-21-13)15-9-14(17(18,19)20)22-24(15)10-12-5-3-2-4-6-12/h2-6,9,13,21H,7-8,10-11H2,1H3. The van der Waals surface area contributed by atoms with Crippen LogP contribution in [0.1, 0.15) is 11.3 Å². The van der Waals surface area contributed by atoms with Gasteiger partial charge in [0.05, 0.1) is 13.7 Å². The first kappa shape index (κ1) is 18.2. The zero-order valence-corrected chi connectivity index (χ0v) is 14.2. The summed E-state index contributed by atoms with van der Waals surface area (Å²) in [5.41, 5.74) is -0.109. The molecule has 0 saturated carbocycles. The maximum absolute atomic E-state index is 13.2. The second-order valence-electron chi connectivity index (χ2n) is 6.00. The highest BCUT2D eigenvalue weighted by Gasteiger charge is 2.36. The Morgan fingerprint density at radius 2 is 2.08 bits per heavy atom. The van der Waals surface area contributed by atoms with Gasteiger partial charge in [-0.2, -0.15) is 18.3 Å². The van der Waals surface area contributed by atoms with E-state index in [4.69, 9.17) is 4.74 Å². The molecule has 6 nitrogen and oxygen atoms in total. The van der Waals surface area contributed by atoms with Crippen LogP contribution in [0, 0.1) is 0 Å². The monoisotopic (exact) mass is 368 g/mol. The number of carbonyl (C=O) groups is 1. The zero-order chi connectivity index (χ0) is 18.7. The SMILES string of the molecule is COC(=O)C1CN(c2cc(C(F)(F)F)nn2Cc2ccccc2)CCN1. The van der Waals surface area contributed by atoms with Crippen molar-refractivity contribution in [2.75, 3.05) is 31.6 Å². The van der Waals surface area contributed by atoms with E-state index in [0.29, 0.717) is 18.9 Å². The lowest BCUT2D eigenvalue weighted by molar-refractivity contribution is -0.143. The van der Waals surface area contributed by atoms with Crippen molar-refractivity contribution in [2.24, 2.45) is 0 Å². The fourth-order valence-electron chi connectivity index (χ4n) is 2.93. The molecule has 0 radical (unpaired) electrons. The molecule has 2 aromatic rings. The molecule has 1 unspecified atom stereocenters. The number of esters is 1. The topological polar surface area (TPSA) is 59.4 Å². The molecule has 140 valence electrons. The van der Waals surface area contributed by atoms with Gasteiger partial charge in [0.25, 0.3) is 0 Å². The molecule has 9 heteroatoms. The number of aromatic nitrogens is 2. The Morgan fingerprint density at radius 1 is 1.35 bits per heavy atom. The normalized spacial score (nSPS) is 18.0. The summed E-state index contributed by atoms with van der Waals surface area (Å²) < 4.78 is 45.6. The van der Waals surface area contributed by atoms with Crippen LogP contribution in [-0.2, 0) is 22.3 Å². The third-order valence-corrected chi connectivity index (χ3v) is 4.21. The third-order valence-electron chi connectivity index (χ3n) is 4.21. The molecule has 0 aliphatic carbocycles. The average Bonchev–Trinajstić information content (AvgIpc) is 3.06. The maximum atomic E-state index is 13.2. The first-order valence-electron chi connectivity index (χ1n) is 8.13. The van der Waals surface area contributed by atoms with E-state index in [1.165, 1.54) is 11.8 Å². The van der Waals surface area contributed by atoms with Crippen LogP contribution < -0.4 is 10.2 Å². The largest absolute Gasteiger partial charge is 0.468 e. The lowest BCUT2D eigenvalue weighted by atomic mass is 10.2. The number of hydrogen-bond acceptors (Lipinski definition) is 5. The van der Waals surface area contributed by atoms with Crippen molar-refractivity contribution in [1.29, 1.82) is 0 Å². The summed E-state index contributed by atoms with van der Waals surface area (Å²) in [5, 5.41) is 6.76. The molecule has 1 aromatic carbocycles. The van der Waals surface area contributed by atoms with Gasteiger partial charge in [-0.05, 0) is 5.56 Å². The molecule has 0 amide bonds. The third kappa shape index (κ3) is 3.98. The Hall–Kier alpha value is -2.55. The molecule has 26 heavy (non-hydrogen) atoms. The summed E-state index contributed by atoms with van der Waals surface area (Å²) in [6, 6.07) is 9.57. The van der Waals surface area contributed by atoms with Gasteiger partial charge in [-0.3, -0.25) is 4.79 Å². The lowest BCUT2D eigenvalue weighted by Crippen LogP contribution is -2.55. The minimum absolute atomic E-state index is 0.207. The van der Waals surface area contributed by atoms with E-state index in [-0.39, 0.29) is 13.1 Å². The van der Waals surface area contributed by atoms with Crippen molar-refractivity contribution in [3.05, 3.63) is 47.7 Å². The highest BCUT2D eigenvalue weighted by atomic mass is 19.4. The molecule has 0 bridgehead atoms. The van der Waals surface area contributed by atoms with Gasteiger partial charge in [0.15, 0.2) is 5.69 Å². The molecular formula is C17H19F3N4O2. The van der Waals surface area contributed by atoms with Crippen LogP contribution in [0.5, 0.6) is 0 Å². The van der Waals surface area contributed by atoms with Crippen LogP contribution in [0.25, 0.3) is 0 Å². The van der Waals surface area contributed by atoms with Gasteiger partial charge < -0.3 is 15.0 Å². The van der Waals surface area contributed by atoms with Gasteiger partial charge in [0, 0.05) is 25.7 Å². The maximum Gasteiger partial charge on any atom is 0.435 e. The summed E-state index contributed by atoms with van der Waals surface area (Å²) in [6.45, 7) is 1.34. The van der Waals surface area contributed by atoms with Gasteiger partial charge in [0.2, 0.25) is 0 Å². The van der Waals surface area contributed by atoms with Crippen LogP contribution in [-0.4, -0.2) is 48.5 Å². The van der Waals surface area contributed by atoms with Crippen LogP contribution in [0.2, 0.25) is 0 Å². The molecule has 1 N–H and O–H groups in total. The predicted molar refractivity (Wildman–Crippen MR) is 88.8 cm³/mol. The Labute approximate surface area is 148 Å². The van der Waals surface area contributed by atoms with Crippen molar-refractivity contribution in [2.45, 2.75) is 18.8 Å². The number of methoxy groups -OCH3 is 1. The van der Waals surface area contributed by atoms with Crippen LogP contribution in [0.15, 0.2) is 36.4 Å². The number of benzene rings is 1. The zero-order valence-electron chi connectivity index (χ0n) is 14.2. The molecular weight excluding hydrogens is 349 g/mol. The molecule has 1 saturated heterocycles. The van der Waals surface area contributed by atoms with Crippen LogP contribution >= 0.6 is 0 Å². The number of ether oxygens (including phenoxy) is 1. The lowest BCUT2D eigenvalue weighted by Gasteiger charge is -2.33. The molecule has 3 rings (SSSR count). The van der Waals surface area contributed by atoms with Gasteiger partial charge >= 0.3 is 12.1 Å². The minimum Gasteiger partial charge on any atom is -0.468 e. The summed E-state index contributed by atoms with van der Waals surface area (Å²) in [5.74, 6) is -0.114. The van der Waals surface area contributed by atoms with Gasteiger partial charge in [-0.15, -0.1) is 0 Å². The fraction of sp³-hybridized carbons (Fsp3) is 0.412. The first-order valence-corrected chi connectivity index (χ1v) is 8.13. The number of nitrogens with one attached hydrogen (secondary N) is 1. The number of carbonyl (C=O) groups excluding carboxylic acids is 1. The number of piperazine rings is 1. The van der Waals surface area contributed by atoms with Gasteiger partial charge in [0.1, 0.15) is 11.9 Å². The number of halogens is 3. The van der Waals surface area contributed by atoms with Crippen molar-refractivity contribution < 1.29 is 22.7 Å². The number of nitrogens with zero attached hydrogens (tertiary/aromatic N) is 3. The van der Waals surface area contributed by atoms with Crippen molar-refractivity contribution in [3.63, 3.8) is 0 Å².